The van der Waals surface area contributed by atoms with Crippen molar-refractivity contribution in [2.45, 2.75) is 25.7 Å². The molecule has 1 aliphatic heterocycles. The van der Waals surface area contributed by atoms with Crippen LogP contribution in [0.25, 0.3) is 0 Å². The number of morpholine rings is 1. The summed E-state index contributed by atoms with van der Waals surface area (Å²) in [5, 5.41) is 0. The molecule has 27 heavy (non-hydrogen) atoms. The van der Waals surface area contributed by atoms with Crippen molar-refractivity contribution >= 4 is 5.91 Å². The molecular formula is C22H28N2O3. The number of nitrogens with zero attached hydrogens (tertiary/aromatic N) is 2. The Morgan fingerprint density at radius 1 is 1.15 bits per heavy atom. The molecule has 0 aliphatic carbocycles. The summed E-state index contributed by atoms with van der Waals surface area (Å²) in [5.74, 6) is 0.939. The fraction of sp³-hybridized carbons (Fsp3) is 0.409. The van der Waals surface area contributed by atoms with Crippen LogP contribution in [-0.2, 0) is 16.1 Å². The van der Waals surface area contributed by atoms with E-state index in [1.54, 1.807) is 12.0 Å². The largest absolute Gasteiger partial charge is 0.497 e. The third-order valence-electron chi connectivity index (χ3n) is 4.87. The van der Waals surface area contributed by atoms with E-state index in [1.165, 1.54) is 0 Å². The maximum absolute atomic E-state index is 12.7. The number of carbonyl (C=O) groups excluding carboxylic acids is 1. The van der Waals surface area contributed by atoms with Crippen molar-refractivity contribution in [1.29, 1.82) is 0 Å². The van der Waals surface area contributed by atoms with Gasteiger partial charge in [-0.3, -0.25) is 9.69 Å². The van der Waals surface area contributed by atoms with E-state index < -0.39 is 0 Å². The van der Waals surface area contributed by atoms with Gasteiger partial charge in [0.05, 0.1) is 25.9 Å². The molecule has 1 fully saturated rings. The van der Waals surface area contributed by atoms with Gasteiger partial charge in [-0.2, -0.15) is 0 Å². The molecule has 0 saturated carbocycles. The SMILES string of the molecule is COc1ccc(CN(C)C(=O)CN2CC(C)OC(c3ccccc3)C2)cc1. The van der Waals surface area contributed by atoms with Crippen molar-refractivity contribution in [2.24, 2.45) is 0 Å². The van der Waals surface area contributed by atoms with Crippen molar-refractivity contribution in [3.05, 3.63) is 65.7 Å². The van der Waals surface area contributed by atoms with Crippen molar-refractivity contribution in [3.8, 4) is 5.75 Å². The highest BCUT2D eigenvalue weighted by Crippen LogP contribution is 2.25. The first kappa shape index (κ1) is 19.4. The molecule has 0 radical (unpaired) electrons. The monoisotopic (exact) mass is 368 g/mol. The Bertz CT molecular complexity index is 733. The molecule has 1 heterocycles. The van der Waals surface area contributed by atoms with E-state index in [2.05, 4.69) is 24.0 Å². The van der Waals surface area contributed by atoms with Gasteiger partial charge in [-0.25, -0.2) is 0 Å². The lowest BCUT2D eigenvalue weighted by atomic mass is 10.1. The molecule has 2 atom stereocenters. The number of carbonyl (C=O) groups is 1. The standard InChI is InChI=1S/C22H28N2O3/c1-17-13-24(15-21(27-17)19-7-5-4-6-8-19)16-22(25)23(2)14-18-9-11-20(26-3)12-10-18/h4-12,17,21H,13-16H2,1-3H3. The molecular weight excluding hydrogens is 340 g/mol. The van der Waals surface area contributed by atoms with Crippen molar-refractivity contribution in [1.82, 2.24) is 9.80 Å². The second kappa shape index (κ2) is 9.02. The third kappa shape index (κ3) is 5.31. The molecule has 0 aromatic heterocycles. The summed E-state index contributed by atoms with van der Waals surface area (Å²) in [7, 11) is 3.50. The van der Waals surface area contributed by atoms with Crippen LogP contribution in [0.1, 0.15) is 24.2 Å². The van der Waals surface area contributed by atoms with Crippen molar-refractivity contribution in [2.75, 3.05) is 33.8 Å². The molecule has 5 heteroatoms. The second-order valence-electron chi connectivity index (χ2n) is 7.14. The number of rotatable bonds is 6. The van der Waals surface area contributed by atoms with Crippen LogP contribution in [0.4, 0.5) is 0 Å². The van der Waals surface area contributed by atoms with Crippen LogP contribution in [0.2, 0.25) is 0 Å². The number of ether oxygens (including phenoxy) is 2. The quantitative estimate of drug-likeness (QED) is 0.786. The zero-order valence-electron chi connectivity index (χ0n) is 16.3. The highest BCUT2D eigenvalue weighted by Gasteiger charge is 2.28. The summed E-state index contributed by atoms with van der Waals surface area (Å²) in [4.78, 5) is 16.7. The first-order chi connectivity index (χ1) is 13.0. The summed E-state index contributed by atoms with van der Waals surface area (Å²) >= 11 is 0. The van der Waals surface area contributed by atoms with E-state index in [4.69, 9.17) is 9.47 Å². The van der Waals surface area contributed by atoms with E-state index in [0.717, 1.165) is 30.0 Å². The lowest BCUT2D eigenvalue weighted by Crippen LogP contribution is -2.47. The molecule has 2 aromatic rings. The van der Waals surface area contributed by atoms with E-state index in [1.807, 2.05) is 49.5 Å². The van der Waals surface area contributed by atoms with Crippen LogP contribution in [0.15, 0.2) is 54.6 Å². The van der Waals surface area contributed by atoms with Crippen molar-refractivity contribution in [3.63, 3.8) is 0 Å². The lowest BCUT2D eigenvalue weighted by molar-refractivity contribution is -0.135. The minimum absolute atomic E-state index is 0.00893. The van der Waals surface area contributed by atoms with Crippen LogP contribution in [0.3, 0.4) is 0 Å². The predicted octanol–water partition coefficient (Wildman–Crippen LogP) is 3.12. The van der Waals surface area contributed by atoms with Crippen LogP contribution < -0.4 is 4.74 Å². The van der Waals surface area contributed by atoms with Crippen LogP contribution in [0.5, 0.6) is 5.75 Å². The molecule has 0 spiro atoms. The Balaban J connectivity index is 1.57. The summed E-state index contributed by atoms with van der Waals surface area (Å²) in [6.45, 7) is 4.56. The zero-order chi connectivity index (χ0) is 19.2. The Morgan fingerprint density at radius 2 is 1.85 bits per heavy atom. The maximum atomic E-state index is 12.7. The molecule has 1 amide bonds. The summed E-state index contributed by atoms with van der Waals surface area (Å²) in [5.41, 5.74) is 2.25. The molecule has 2 aromatic carbocycles. The van der Waals surface area contributed by atoms with E-state index >= 15 is 0 Å². The number of likely N-dealkylation sites (N-methyl/N-ethyl adjacent to an activating group) is 1. The van der Waals surface area contributed by atoms with Gasteiger partial charge in [0.1, 0.15) is 5.75 Å². The Labute approximate surface area is 161 Å². The number of methoxy groups -OCH3 is 1. The zero-order valence-corrected chi connectivity index (χ0v) is 16.3. The highest BCUT2D eigenvalue weighted by molar-refractivity contribution is 5.78. The van der Waals surface area contributed by atoms with Gasteiger partial charge in [-0.15, -0.1) is 0 Å². The van der Waals surface area contributed by atoms with Gasteiger partial charge in [0.15, 0.2) is 0 Å². The molecule has 144 valence electrons. The third-order valence-corrected chi connectivity index (χ3v) is 4.87. The smallest absolute Gasteiger partial charge is 0.236 e. The van der Waals surface area contributed by atoms with Gasteiger partial charge in [-0.05, 0) is 30.2 Å². The topological polar surface area (TPSA) is 42.0 Å². The van der Waals surface area contributed by atoms with Gasteiger partial charge in [0.2, 0.25) is 5.91 Å². The van der Waals surface area contributed by atoms with Crippen LogP contribution >= 0.6 is 0 Å². The van der Waals surface area contributed by atoms with Gasteiger partial charge in [-0.1, -0.05) is 42.5 Å². The van der Waals surface area contributed by atoms with E-state index in [0.29, 0.717) is 13.1 Å². The molecule has 1 saturated heterocycles. The highest BCUT2D eigenvalue weighted by atomic mass is 16.5. The average Bonchev–Trinajstić information content (AvgIpc) is 2.68. The van der Waals surface area contributed by atoms with Crippen LogP contribution in [0, 0.1) is 0 Å². The number of hydrogen-bond acceptors (Lipinski definition) is 4. The molecule has 1 aliphatic rings. The molecule has 2 unspecified atom stereocenters. The summed E-state index contributed by atoms with van der Waals surface area (Å²) < 4.78 is 11.3. The van der Waals surface area contributed by atoms with Gasteiger partial charge >= 0.3 is 0 Å². The fourth-order valence-corrected chi connectivity index (χ4v) is 3.42. The lowest BCUT2D eigenvalue weighted by Gasteiger charge is -2.37. The fourth-order valence-electron chi connectivity index (χ4n) is 3.42. The first-order valence-electron chi connectivity index (χ1n) is 9.35. The van der Waals surface area contributed by atoms with Crippen LogP contribution in [-0.4, -0.2) is 55.6 Å². The number of amides is 1. The van der Waals surface area contributed by atoms with E-state index in [-0.39, 0.29) is 18.1 Å². The molecule has 5 nitrogen and oxygen atoms in total. The van der Waals surface area contributed by atoms with Gasteiger partial charge < -0.3 is 14.4 Å². The van der Waals surface area contributed by atoms with Gasteiger partial charge in [0.25, 0.3) is 0 Å². The Hall–Kier alpha value is -2.37. The number of hydrogen-bond donors (Lipinski definition) is 0. The van der Waals surface area contributed by atoms with Gasteiger partial charge in [0, 0.05) is 26.7 Å². The first-order valence-corrected chi connectivity index (χ1v) is 9.35. The van der Waals surface area contributed by atoms with Crippen molar-refractivity contribution < 1.29 is 14.3 Å². The molecule has 0 N–H and O–H groups in total. The maximum Gasteiger partial charge on any atom is 0.236 e. The summed E-state index contributed by atoms with van der Waals surface area (Å²) in [6.07, 6.45) is 0.110. The predicted molar refractivity (Wildman–Crippen MR) is 106 cm³/mol. The second-order valence-corrected chi connectivity index (χ2v) is 7.14. The normalized spacial score (nSPS) is 20.3. The van der Waals surface area contributed by atoms with E-state index in [9.17, 15) is 4.79 Å². The Morgan fingerprint density at radius 3 is 2.52 bits per heavy atom. The molecule has 3 rings (SSSR count). The number of benzene rings is 2. The minimum atomic E-state index is 0.00893. The Kier molecular flexibility index (Phi) is 6.48. The summed E-state index contributed by atoms with van der Waals surface area (Å²) in [6, 6.07) is 18.0. The average molecular weight is 368 g/mol. The molecule has 0 bridgehead atoms. The minimum Gasteiger partial charge on any atom is -0.497 e.